The van der Waals surface area contributed by atoms with Gasteiger partial charge in [-0.05, 0) is 36.9 Å². The van der Waals surface area contributed by atoms with Crippen molar-refractivity contribution in [1.82, 2.24) is 9.80 Å². The second kappa shape index (κ2) is 8.45. The zero-order valence-corrected chi connectivity index (χ0v) is 16.7. The molecule has 1 aliphatic heterocycles. The van der Waals surface area contributed by atoms with Crippen LogP contribution in [0.1, 0.15) is 5.56 Å². The summed E-state index contributed by atoms with van der Waals surface area (Å²) >= 11 is 18.8. The maximum absolute atomic E-state index is 12.5. The highest BCUT2D eigenvalue weighted by Crippen LogP contribution is 2.37. The lowest BCUT2D eigenvalue weighted by molar-refractivity contribution is -0.127. The van der Waals surface area contributed by atoms with Crippen LogP contribution in [-0.2, 0) is 4.79 Å². The van der Waals surface area contributed by atoms with Crippen LogP contribution >= 0.6 is 34.8 Å². The Labute approximate surface area is 168 Å². The van der Waals surface area contributed by atoms with Crippen LogP contribution in [0.3, 0.4) is 0 Å². The number of nitrogens with zero attached hydrogens (tertiary/aromatic N) is 2. The van der Waals surface area contributed by atoms with Gasteiger partial charge in [0.1, 0.15) is 0 Å². The van der Waals surface area contributed by atoms with Crippen molar-refractivity contribution in [2.75, 3.05) is 33.2 Å². The standard InChI is InChI=1S/C20H19Cl3N2O/c1-24-9-11-25(12-10-24)19(26)8-5-14-3-2-4-17(22)20(14)16-7-6-15(21)13-18(16)23/h2-8,13H,9-12H2,1H3/b8-5+. The Morgan fingerprint density at radius 2 is 1.73 bits per heavy atom. The Hall–Kier alpha value is -1.52. The highest BCUT2D eigenvalue weighted by Gasteiger charge is 2.17. The summed E-state index contributed by atoms with van der Waals surface area (Å²) in [5.41, 5.74) is 2.41. The first-order valence-corrected chi connectivity index (χ1v) is 9.48. The summed E-state index contributed by atoms with van der Waals surface area (Å²) in [5.74, 6) is 0.00577. The molecule has 0 aromatic heterocycles. The van der Waals surface area contributed by atoms with Crippen LogP contribution in [-0.4, -0.2) is 48.9 Å². The van der Waals surface area contributed by atoms with Gasteiger partial charge in [0.05, 0.1) is 0 Å². The topological polar surface area (TPSA) is 23.6 Å². The van der Waals surface area contributed by atoms with Crippen molar-refractivity contribution in [2.45, 2.75) is 0 Å². The predicted molar refractivity (Wildman–Crippen MR) is 110 cm³/mol. The van der Waals surface area contributed by atoms with E-state index in [-0.39, 0.29) is 5.91 Å². The average Bonchev–Trinajstić information content (AvgIpc) is 2.61. The van der Waals surface area contributed by atoms with E-state index in [1.54, 1.807) is 24.3 Å². The number of halogens is 3. The quantitative estimate of drug-likeness (QED) is 0.658. The number of amides is 1. The number of likely N-dealkylation sites (N-methyl/N-ethyl adjacent to an activating group) is 1. The molecule has 1 aliphatic rings. The van der Waals surface area contributed by atoms with Crippen molar-refractivity contribution < 1.29 is 4.79 Å². The van der Waals surface area contributed by atoms with E-state index in [9.17, 15) is 4.79 Å². The maximum atomic E-state index is 12.5. The molecule has 6 heteroatoms. The summed E-state index contributed by atoms with van der Waals surface area (Å²) in [5, 5.41) is 1.65. The molecule has 2 aromatic rings. The molecule has 0 aliphatic carbocycles. The van der Waals surface area contributed by atoms with Crippen LogP contribution in [0.15, 0.2) is 42.5 Å². The van der Waals surface area contributed by atoms with Crippen LogP contribution < -0.4 is 0 Å². The first-order valence-electron chi connectivity index (χ1n) is 8.35. The minimum Gasteiger partial charge on any atom is -0.337 e. The van der Waals surface area contributed by atoms with Gasteiger partial charge in [-0.3, -0.25) is 4.79 Å². The zero-order chi connectivity index (χ0) is 18.7. The fourth-order valence-electron chi connectivity index (χ4n) is 2.95. The lowest BCUT2D eigenvalue weighted by Gasteiger charge is -2.31. The van der Waals surface area contributed by atoms with E-state index < -0.39 is 0 Å². The van der Waals surface area contributed by atoms with Gasteiger partial charge in [-0.25, -0.2) is 0 Å². The minimum absolute atomic E-state index is 0.00577. The van der Waals surface area contributed by atoms with Gasteiger partial charge < -0.3 is 9.80 Å². The number of carbonyl (C=O) groups is 1. The molecule has 136 valence electrons. The van der Waals surface area contributed by atoms with Crippen LogP contribution in [0.4, 0.5) is 0 Å². The SMILES string of the molecule is CN1CCN(C(=O)/C=C/c2cccc(Cl)c2-c2ccc(Cl)cc2Cl)CC1. The zero-order valence-electron chi connectivity index (χ0n) is 14.4. The van der Waals surface area contributed by atoms with Gasteiger partial charge in [-0.2, -0.15) is 0 Å². The summed E-state index contributed by atoms with van der Waals surface area (Å²) in [6, 6.07) is 10.9. The lowest BCUT2D eigenvalue weighted by Crippen LogP contribution is -2.46. The third kappa shape index (κ3) is 4.41. The number of hydrogen-bond donors (Lipinski definition) is 0. The van der Waals surface area contributed by atoms with E-state index in [1.807, 2.05) is 29.2 Å². The van der Waals surface area contributed by atoms with E-state index in [2.05, 4.69) is 11.9 Å². The second-order valence-corrected chi connectivity index (χ2v) is 7.54. The molecule has 26 heavy (non-hydrogen) atoms. The molecule has 0 unspecified atom stereocenters. The molecule has 0 N–H and O–H groups in total. The first-order chi connectivity index (χ1) is 12.5. The summed E-state index contributed by atoms with van der Waals surface area (Å²) in [6.45, 7) is 3.26. The number of rotatable bonds is 3. The van der Waals surface area contributed by atoms with Crippen molar-refractivity contribution in [1.29, 1.82) is 0 Å². The maximum Gasteiger partial charge on any atom is 0.246 e. The lowest BCUT2D eigenvalue weighted by atomic mass is 9.99. The Balaban J connectivity index is 1.89. The Morgan fingerprint density at radius 1 is 1.00 bits per heavy atom. The molecule has 3 rings (SSSR count). The fraction of sp³-hybridized carbons (Fsp3) is 0.250. The fourth-order valence-corrected chi connectivity index (χ4v) is 3.74. The molecular weight excluding hydrogens is 391 g/mol. The van der Waals surface area contributed by atoms with Crippen LogP contribution in [0.25, 0.3) is 17.2 Å². The molecule has 1 fully saturated rings. The molecule has 1 heterocycles. The van der Waals surface area contributed by atoms with Gasteiger partial charge in [0.2, 0.25) is 5.91 Å². The number of carbonyl (C=O) groups excluding carboxylic acids is 1. The van der Waals surface area contributed by atoms with Gasteiger partial charge in [-0.15, -0.1) is 0 Å². The highest BCUT2D eigenvalue weighted by molar-refractivity contribution is 6.38. The summed E-state index contributed by atoms with van der Waals surface area (Å²) in [6.07, 6.45) is 3.40. The highest BCUT2D eigenvalue weighted by atomic mass is 35.5. The minimum atomic E-state index is 0.00577. The Bertz CT molecular complexity index is 843. The van der Waals surface area contributed by atoms with Gasteiger partial charge in [0.15, 0.2) is 0 Å². The number of piperazine rings is 1. The Kier molecular flexibility index (Phi) is 6.25. The molecule has 1 saturated heterocycles. The van der Waals surface area contributed by atoms with Gasteiger partial charge in [0, 0.05) is 58.4 Å². The molecule has 0 atom stereocenters. The molecule has 0 bridgehead atoms. The van der Waals surface area contributed by atoms with E-state index in [0.29, 0.717) is 15.1 Å². The third-order valence-corrected chi connectivity index (χ3v) is 5.33. The van der Waals surface area contributed by atoms with E-state index >= 15 is 0 Å². The third-order valence-electron chi connectivity index (χ3n) is 4.47. The summed E-state index contributed by atoms with van der Waals surface area (Å²) < 4.78 is 0. The predicted octanol–water partition coefficient (Wildman–Crippen LogP) is 5.10. The van der Waals surface area contributed by atoms with Crippen LogP contribution in [0, 0.1) is 0 Å². The first kappa shape index (κ1) is 19.2. The Morgan fingerprint density at radius 3 is 2.42 bits per heavy atom. The van der Waals surface area contributed by atoms with E-state index in [0.717, 1.165) is 42.9 Å². The van der Waals surface area contributed by atoms with Gasteiger partial charge >= 0.3 is 0 Å². The average molecular weight is 410 g/mol. The van der Waals surface area contributed by atoms with Gasteiger partial charge in [-0.1, -0.05) is 53.0 Å². The van der Waals surface area contributed by atoms with Crippen molar-refractivity contribution in [2.24, 2.45) is 0 Å². The van der Waals surface area contributed by atoms with Gasteiger partial charge in [0.25, 0.3) is 0 Å². The van der Waals surface area contributed by atoms with Crippen molar-refractivity contribution in [3.05, 3.63) is 63.1 Å². The molecule has 0 radical (unpaired) electrons. The largest absolute Gasteiger partial charge is 0.337 e. The number of hydrogen-bond acceptors (Lipinski definition) is 2. The smallest absolute Gasteiger partial charge is 0.246 e. The molecule has 0 saturated carbocycles. The van der Waals surface area contributed by atoms with Crippen LogP contribution in [0.5, 0.6) is 0 Å². The molecular formula is C20H19Cl3N2O. The molecule has 0 spiro atoms. The normalized spacial score (nSPS) is 15.6. The number of benzene rings is 2. The summed E-state index contributed by atoms with van der Waals surface area (Å²) in [7, 11) is 2.06. The molecule has 2 aromatic carbocycles. The van der Waals surface area contributed by atoms with Crippen molar-refractivity contribution >= 4 is 46.8 Å². The summed E-state index contributed by atoms with van der Waals surface area (Å²) in [4.78, 5) is 16.5. The second-order valence-electron chi connectivity index (χ2n) is 6.29. The van der Waals surface area contributed by atoms with Crippen LogP contribution in [0.2, 0.25) is 15.1 Å². The monoisotopic (exact) mass is 408 g/mol. The van der Waals surface area contributed by atoms with Crippen molar-refractivity contribution in [3.63, 3.8) is 0 Å². The van der Waals surface area contributed by atoms with E-state index in [4.69, 9.17) is 34.8 Å². The molecule has 3 nitrogen and oxygen atoms in total. The van der Waals surface area contributed by atoms with Crippen molar-refractivity contribution in [3.8, 4) is 11.1 Å². The van der Waals surface area contributed by atoms with E-state index in [1.165, 1.54) is 0 Å². The molecule has 1 amide bonds.